The van der Waals surface area contributed by atoms with Gasteiger partial charge in [0.1, 0.15) is 0 Å². The van der Waals surface area contributed by atoms with E-state index in [1.165, 1.54) is 23.9 Å². The molecule has 0 spiro atoms. The highest BCUT2D eigenvalue weighted by atomic mass is 32.2. The first-order valence-electron chi connectivity index (χ1n) is 10.3. The predicted octanol–water partition coefficient (Wildman–Crippen LogP) is 4.57. The second kappa shape index (κ2) is 9.14. The van der Waals surface area contributed by atoms with Crippen molar-refractivity contribution in [3.63, 3.8) is 0 Å². The van der Waals surface area contributed by atoms with Gasteiger partial charge in [-0.05, 0) is 47.4 Å². The second-order valence-electron chi connectivity index (χ2n) is 7.69. The number of fused-ring (bicyclic) bond motifs is 2. The van der Waals surface area contributed by atoms with E-state index in [2.05, 4.69) is 15.9 Å². The summed E-state index contributed by atoms with van der Waals surface area (Å²) in [4.78, 5) is 6.76. The lowest BCUT2D eigenvalue weighted by Crippen LogP contribution is -2.47. The van der Waals surface area contributed by atoms with Crippen LogP contribution in [0.3, 0.4) is 0 Å². The van der Waals surface area contributed by atoms with E-state index in [-0.39, 0.29) is 0 Å². The van der Waals surface area contributed by atoms with Gasteiger partial charge in [0.2, 0.25) is 0 Å². The quantitative estimate of drug-likeness (QED) is 0.639. The van der Waals surface area contributed by atoms with Gasteiger partial charge in [-0.1, -0.05) is 36.0 Å². The van der Waals surface area contributed by atoms with E-state index in [1.54, 1.807) is 6.07 Å². The number of halogens is 3. The third-order valence-corrected chi connectivity index (χ3v) is 6.85. The molecule has 1 fully saturated rings. The van der Waals surface area contributed by atoms with E-state index in [1.807, 2.05) is 24.3 Å². The van der Waals surface area contributed by atoms with Crippen LogP contribution in [0.2, 0.25) is 0 Å². The zero-order chi connectivity index (χ0) is 21.1. The minimum atomic E-state index is -4.34. The maximum absolute atomic E-state index is 13.3. The van der Waals surface area contributed by atoms with Crippen LogP contribution >= 0.6 is 11.8 Å². The Hall–Kier alpha value is -1.80. The molecular formula is C23H26F3N3S. The topological polar surface area (TPSA) is 32.5 Å². The molecule has 7 heteroatoms. The third kappa shape index (κ3) is 4.75. The Bertz CT molecular complexity index is 918. The van der Waals surface area contributed by atoms with Gasteiger partial charge in [0, 0.05) is 55.6 Å². The zero-order valence-electron chi connectivity index (χ0n) is 16.8. The van der Waals surface area contributed by atoms with E-state index in [0.29, 0.717) is 12.1 Å². The lowest BCUT2D eigenvalue weighted by atomic mass is 9.94. The number of benzene rings is 2. The molecule has 2 N–H and O–H groups in total. The fourth-order valence-electron chi connectivity index (χ4n) is 4.08. The highest BCUT2D eigenvalue weighted by Crippen LogP contribution is 2.47. The molecule has 0 aromatic heterocycles. The summed E-state index contributed by atoms with van der Waals surface area (Å²) >= 11 is 1.54. The third-order valence-electron chi connectivity index (χ3n) is 5.70. The van der Waals surface area contributed by atoms with Crippen molar-refractivity contribution in [3.8, 4) is 0 Å². The number of hydrogen-bond acceptors (Lipinski definition) is 4. The van der Waals surface area contributed by atoms with Crippen LogP contribution in [0, 0.1) is 0 Å². The maximum atomic E-state index is 13.3. The fraction of sp³-hybridized carbons (Fsp3) is 0.391. The Labute approximate surface area is 179 Å². The summed E-state index contributed by atoms with van der Waals surface area (Å²) in [5.74, 6) is 0. The number of alkyl halides is 3. The van der Waals surface area contributed by atoms with Crippen molar-refractivity contribution in [1.82, 2.24) is 9.80 Å². The molecule has 4 rings (SSSR count). The van der Waals surface area contributed by atoms with Crippen molar-refractivity contribution in [3.05, 3.63) is 65.2 Å². The summed E-state index contributed by atoms with van der Waals surface area (Å²) in [7, 11) is 0. The van der Waals surface area contributed by atoms with Gasteiger partial charge >= 0.3 is 6.18 Å². The van der Waals surface area contributed by atoms with Gasteiger partial charge < -0.3 is 10.6 Å². The summed E-state index contributed by atoms with van der Waals surface area (Å²) < 4.78 is 40.0. The van der Waals surface area contributed by atoms with Gasteiger partial charge in [-0.3, -0.25) is 4.90 Å². The Morgan fingerprint density at radius 1 is 0.900 bits per heavy atom. The monoisotopic (exact) mass is 433 g/mol. The number of nitrogens with two attached hydrogens (primary N) is 1. The number of rotatable bonds is 5. The van der Waals surface area contributed by atoms with Crippen molar-refractivity contribution in [1.29, 1.82) is 0 Å². The number of nitrogens with zero attached hydrogens (tertiary/aromatic N) is 2. The standard InChI is InChI=1S/C23H26F3N3S/c24-23(25,26)17-7-8-22-20(16-17)18(19-4-1-2-6-21(19)30-22)5-3-10-28-12-14-29(11-9-27)15-13-28/h1-2,4-8,16H,3,9-15,27H2/b18-5-. The Kier molecular flexibility index (Phi) is 6.53. The van der Waals surface area contributed by atoms with Crippen LogP contribution in [0.5, 0.6) is 0 Å². The average molecular weight is 434 g/mol. The van der Waals surface area contributed by atoms with Gasteiger partial charge in [-0.15, -0.1) is 0 Å². The van der Waals surface area contributed by atoms with E-state index in [4.69, 9.17) is 5.73 Å². The van der Waals surface area contributed by atoms with E-state index < -0.39 is 11.7 Å². The van der Waals surface area contributed by atoms with Crippen molar-refractivity contribution in [2.45, 2.75) is 22.4 Å². The minimum Gasteiger partial charge on any atom is -0.329 e. The molecule has 0 radical (unpaired) electrons. The Balaban J connectivity index is 1.55. The molecule has 2 aromatic rings. The first kappa shape index (κ1) is 21.4. The highest BCUT2D eigenvalue weighted by Gasteiger charge is 2.32. The van der Waals surface area contributed by atoms with Gasteiger partial charge in [0.05, 0.1) is 5.56 Å². The summed E-state index contributed by atoms with van der Waals surface area (Å²) in [5, 5.41) is 0. The SMILES string of the molecule is NCCN1CCN(CC/C=C2/c3ccccc3Sc3ccc(C(F)(F)F)cc32)CC1. The normalized spacial score (nSPS) is 19.0. The Morgan fingerprint density at radius 3 is 2.27 bits per heavy atom. The second-order valence-corrected chi connectivity index (χ2v) is 8.77. The molecule has 0 atom stereocenters. The van der Waals surface area contributed by atoms with Gasteiger partial charge in [0.25, 0.3) is 0 Å². The molecule has 30 heavy (non-hydrogen) atoms. The van der Waals surface area contributed by atoms with Crippen molar-refractivity contribution < 1.29 is 13.2 Å². The van der Waals surface area contributed by atoms with Crippen LogP contribution in [0.4, 0.5) is 13.2 Å². The maximum Gasteiger partial charge on any atom is 0.416 e. The number of hydrogen-bond donors (Lipinski definition) is 1. The molecule has 160 valence electrons. The Morgan fingerprint density at radius 2 is 1.57 bits per heavy atom. The van der Waals surface area contributed by atoms with Crippen LogP contribution in [-0.2, 0) is 6.18 Å². The molecule has 2 aromatic carbocycles. The largest absolute Gasteiger partial charge is 0.416 e. The summed E-state index contributed by atoms with van der Waals surface area (Å²) in [6, 6.07) is 12.0. The molecule has 2 aliphatic rings. The molecule has 1 saturated heterocycles. The number of piperazine rings is 1. The molecule has 0 aliphatic carbocycles. The van der Waals surface area contributed by atoms with Crippen LogP contribution in [0.25, 0.3) is 5.57 Å². The molecular weight excluding hydrogens is 407 g/mol. The highest BCUT2D eigenvalue weighted by molar-refractivity contribution is 7.99. The molecule has 2 heterocycles. The van der Waals surface area contributed by atoms with Crippen molar-refractivity contribution in [2.24, 2.45) is 5.73 Å². The van der Waals surface area contributed by atoms with Crippen LogP contribution in [-0.4, -0.2) is 55.6 Å². The lowest BCUT2D eigenvalue weighted by molar-refractivity contribution is -0.137. The molecule has 0 unspecified atom stereocenters. The van der Waals surface area contributed by atoms with Gasteiger partial charge in [-0.25, -0.2) is 0 Å². The average Bonchev–Trinajstić information content (AvgIpc) is 2.73. The summed E-state index contributed by atoms with van der Waals surface area (Å²) in [5.41, 5.74) is 7.65. The molecule has 2 aliphatic heterocycles. The predicted molar refractivity (Wildman–Crippen MR) is 116 cm³/mol. The first-order chi connectivity index (χ1) is 14.5. The molecule has 0 saturated carbocycles. The summed E-state index contributed by atoms with van der Waals surface area (Å²) in [6.07, 6.45) is -1.42. The molecule has 3 nitrogen and oxygen atoms in total. The lowest BCUT2D eigenvalue weighted by Gasteiger charge is -2.34. The minimum absolute atomic E-state index is 0.594. The van der Waals surface area contributed by atoms with Crippen molar-refractivity contribution >= 4 is 17.3 Å². The molecule has 0 amide bonds. The smallest absolute Gasteiger partial charge is 0.329 e. The van der Waals surface area contributed by atoms with Crippen LogP contribution in [0.15, 0.2) is 58.3 Å². The van der Waals surface area contributed by atoms with Crippen LogP contribution < -0.4 is 5.73 Å². The van der Waals surface area contributed by atoms with E-state index >= 15 is 0 Å². The fourth-order valence-corrected chi connectivity index (χ4v) is 5.16. The first-order valence-corrected chi connectivity index (χ1v) is 11.1. The van der Waals surface area contributed by atoms with Gasteiger partial charge in [0.15, 0.2) is 0 Å². The van der Waals surface area contributed by atoms with Crippen LogP contribution in [0.1, 0.15) is 23.1 Å². The van der Waals surface area contributed by atoms with E-state index in [9.17, 15) is 13.2 Å². The summed E-state index contributed by atoms with van der Waals surface area (Å²) in [6.45, 7) is 6.57. The zero-order valence-corrected chi connectivity index (χ0v) is 17.6. The molecule has 0 bridgehead atoms. The van der Waals surface area contributed by atoms with Crippen molar-refractivity contribution in [2.75, 3.05) is 45.8 Å². The van der Waals surface area contributed by atoms with Gasteiger partial charge in [-0.2, -0.15) is 13.2 Å². The van der Waals surface area contributed by atoms with E-state index in [0.717, 1.165) is 66.6 Å².